The first kappa shape index (κ1) is 12.4. The van der Waals surface area contributed by atoms with E-state index in [1.54, 1.807) is 24.3 Å². The molecule has 0 unspecified atom stereocenters. The maximum Gasteiger partial charge on any atom is 0.210 e. The lowest BCUT2D eigenvalue weighted by Gasteiger charge is -1.96. The first-order valence-corrected chi connectivity index (χ1v) is 4.54. The van der Waals surface area contributed by atoms with Crippen molar-refractivity contribution in [1.29, 1.82) is 0 Å². The zero-order chi connectivity index (χ0) is 11.0. The van der Waals surface area contributed by atoms with Gasteiger partial charge in [0, 0.05) is 5.56 Å². The first-order chi connectivity index (χ1) is 6.75. The van der Waals surface area contributed by atoms with Gasteiger partial charge in [0.05, 0.1) is 0 Å². The minimum Gasteiger partial charge on any atom is -0.411 e. The van der Waals surface area contributed by atoms with Gasteiger partial charge in [-0.25, -0.2) is 0 Å². The number of nitrogens with zero attached hydrogens (tertiary/aromatic N) is 1. The fraction of sp³-hybridized carbons (Fsp3) is 0.273. The van der Waals surface area contributed by atoms with Gasteiger partial charge in [0.25, 0.3) is 0 Å². The second-order valence-corrected chi connectivity index (χ2v) is 2.38. The van der Waals surface area contributed by atoms with Gasteiger partial charge in [0.1, 0.15) is 5.71 Å². The summed E-state index contributed by atoms with van der Waals surface area (Å²) in [6.07, 6.45) is 0. The summed E-state index contributed by atoms with van der Waals surface area (Å²) in [5, 5.41) is 11.2. The summed E-state index contributed by atoms with van der Waals surface area (Å²) in [4.78, 5) is 11.3. The Bertz CT molecular complexity index is 304. The lowest BCUT2D eigenvalue weighted by atomic mass is 10.1. The largest absolute Gasteiger partial charge is 0.411 e. The second kappa shape index (κ2) is 6.83. The Hall–Kier alpha value is -1.64. The summed E-state index contributed by atoms with van der Waals surface area (Å²) in [6.45, 7) is 5.47. The summed E-state index contributed by atoms with van der Waals surface area (Å²) in [5.41, 5.74) is 0.633. The molecular formula is C11H15NO2. The van der Waals surface area contributed by atoms with Crippen LogP contribution in [-0.2, 0) is 0 Å². The smallest absolute Gasteiger partial charge is 0.210 e. The van der Waals surface area contributed by atoms with Crippen LogP contribution in [0.2, 0.25) is 0 Å². The molecule has 0 fully saturated rings. The number of carbonyl (C=O) groups is 1. The summed E-state index contributed by atoms with van der Waals surface area (Å²) >= 11 is 0. The molecule has 1 aromatic carbocycles. The van der Waals surface area contributed by atoms with Crippen molar-refractivity contribution in [2.45, 2.75) is 20.8 Å². The quantitative estimate of drug-likeness (QED) is 0.340. The molecule has 3 nitrogen and oxygen atoms in total. The molecule has 0 saturated carbocycles. The minimum absolute atomic E-state index is 0.0983. The molecule has 0 saturated heterocycles. The van der Waals surface area contributed by atoms with Gasteiger partial charge in [0.2, 0.25) is 5.78 Å². The highest BCUT2D eigenvalue weighted by molar-refractivity contribution is 6.45. The molecule has 0 aromatic heterocycles. The van der Waals surface area contributed by atoms with Crippen molar-refractivity contribution in [3.63, 3.8) is 0 Å². The highest BCUT2D eigenvalue weighted by Crippen LogP contribution is 2.00. The maximum absolute atomic E-state index is 11.3. The molecule has 0 heterocycles. The normalized spacial score (nSPS) is 10.1. The third kappa shape index (κ3) is 3.39. The molecule has 0 amide bonds. The monoisotopic (exact) mass is 193 g/mol. The van der Waals surface area contributed by atoms with Crippen LogP contribution in [0.15, 0.2) is 35.5 Å². The zero-order valence-electron chi connectivity index (χ0n) is 8.69. The molecule has 1 rings (SSSR count). The Morgan fingerprint density at radius 1 is 1.21 bits per heavy atom. The van der Waals surface area contributed by atoms with E-state index in [0.717, 1.165) is 0 Å². The van der Waals surface area contributed by atoms with Crippen molar-refractivity contribution in [2.24, 2.45) is 5.16 Å². The van der Waals surface area contributed by atoms with E-state index in [-0.39, 0.29) is 11.5 Å². The Morgan fingerprint density at radius 3 is 2.14 bits per heavy atom. The van der Waals surface area contributed by atoms with Crippen molar-refractivity contribution in [3.8, 4) is 0 Å². The lowest BCUT2D eigenvalue weighted by molar-refractivity contribution is 0.106. The predicted molar refractivity (Wildman–Crippen MR) is 57.0 cm³/mol. The Labute approximate surface area is 84.1 Å². The van der Waals surface area contributed by atoms with E-state index in [2.05, 4.69) is 5.16 Å². The molecule has 3 heteroatoms. The topological polar surface area (TPSA) is 49.7 Å². The van der Waals surface area contributed by atoms with Gasteiger partial charge in [0.15, 0.2) is 0 Å². The fourth-order valence-electron chi connectivity index (χ4n) is 0.844. The van der Waals surface area contributed by atoms with Gasteiger partial charge in [-0.05, 0) is 6.92 Å². The highest BCUT2D eigenvalue weighted by atomic mass is 16.4. The van der Waals surface area contributed by atoms with Crippen LogP contribution in [0.1, 0.15) is 31.1 Å². The number of rotatable bonds is 2. The molecule has 76 valence electrons. The van der Waals surface area contributed by atoms with Crippen LogP contribution in [0.4, 0.5) is 0 Å². The fourth-order valence-corrected chi connectivity index (χ4v) is 0.844. The molecule has 1 N–H and O–H groups in total. The van der Waals surface area contributed by atoms with Crippen LogP contribution in [0.3, 0.4) is 0 Å². The van der Waals surface area contributed by atoms with Gasteiger partial charge in [-0.2, -0.15) is 0 Å². The van der Waals surface area contributed by atoms with E-state index >= 15 is 0 Å². The van der Waals surface area contributed by atoms with Crippen LogP contribution in [0.25, 0.3) is 0 Å². The molecule has 0 spiro atoms. The van der Waals surface area contributed by atoms with Crippen molar-refractivity contribution in [3.05, 3.63) is 35.9 Å². The number of hydrogen-bond donors (Lipinski definition) is 1. The van der Waals surface area contributed by atoms with Gasteiger partial charge in [-0.3, -0.25) is 4.79 Å². The van der Waals surface area contributed by atoms with Crippen LogP contribution in [-0.4, -0.2) is 16.7 Å². The van der Waals surface area contributed by atoms with Crippen molar-refractivity contribution in [1.82, 2.24) is 0 Å². The van der Waals surface area contributed by atoms with E-state index in [4.69, 9.17) is 5.21 Å². The molecule has 0 atom stereocenters. The third-order valence-corrected chi connectivity index (χ3v) is 1.51. The Morgan fingerprint density at radius 2 is 1.71 bits per heavy atom. The minimum atomic E-state index is -0.252. The number of carbonyl (C=O) groups excluding carboxylic acids is 1. The summed E-state index contributed by atoms with van der Waals surface area (Å²) in [7, 11) is 0. The number of ketones is 1. The molecule has 1 aromatic rings. The van der Waals surface area contributed by atoms with Crippen LogP contribution < -0.4 is 0 Å². The average Bonchev–Trinajstić information content (AvgIpc) is 2.31. The number of benzene rings is 1. The standard InChI is InChI=1S/C9H9NO2.C2H6/c1-7(10-12)9(11)8-5-3-2-4-6-8;1-2/h2-6,12H,1H3;1-2H3/b10-7+;. The molecule has 14 heavy (non-hydrogen) atoms. The van der Waals surface area contributed by atoms with Gasteiger partial charge >= 0.3 is 0 Å². The van der Waals surface area contributed by atoms with E-state index in [1.807, 2.05) is 19.9 Å². The van der Waals surface area contributed by atoms with Gasteiger partial charge in [-0.1, -0.05) is 49.3 Å². The van der Waals surface area contributed by atoms with Crippen LogP contribution >= 0.6 is 0 Å². The number of hydrogen-bond acceptors (Lipinski definition) is 3. The highest BCUT2D eigenvalue weighted by Gasteiger charge is 2.07. The van der Waals surface area contributed by atoms with E-state index in [1.165, 1.54) is 6.92 Å². The van der Waals surface area contributed by atoms with E-state index < -0.39 is 0 Å². The van der Waals surface area contributed by atoms with E-state index in [9.17, 15) is 4.79 Å². The summed E-state index contributed by atoms with van der Waals surface area (Å²) in [5.74, 6) is -0.252. The Kier molecular flexibility index (Phi) is 6.03. The number of Topliss-reactive ketones (excluding diaryl/α,β-unsaturated/α-hetero) is 1. The zero-order valence-corrected chi connectivity index (χ0v) is 8.69. The summed E-state index contributed by atoms with van der Waals surface area (Å²) < 4.78 is 0. The van der Waals surface area contributed by atoms with Crippen molar-refractivity contribution in [2.75, 3.05) is 0 Å². The lowest BCUT2D eigenvalue weighted by Crippen LogP contribution is -2.09. The molecular weight excluding hydrogens is 178 g/mol. The third-order valence-electron chi connectivity index (χ3n) is 1.51. The Balaban J connectivity index is 0.000000791. The van der Waals surface area contributed by atoms with Crippen LogP contribution in [0.5, 0.6) is 0 Å². The van der Waals surface area contributed by atoms with Crippen molar-refractivity contribution < 1.29 is 10.0 Å². The summed E-state index contributed by atoms with van der Waals surface area (Å²) in [6, 6.07) is 8.70. The first-order valence-electron chi connectivity index (χ1n) is 4.54. The van der Waals surface area contributed by atoms with Crippen LogP contribution in [0, 0.1) is 0 Å². The second-order valence-electron chi connectivity index (χ2n) is 2.38. The van der Waals surface area contributed by atoms with Gasteiger partial charge in [-0.15, -0.1) is 0 Å². The van der Waals surface area contributed by atoms with E-state index in [0.29, 0.717) is 5.56 Å². The molecule has 0 aliphatic rings. The maximum atomic E-state index is 11.3. The predicted octanol–water partition coefficient (Wildman–Crippen LogP) is 2.75. The van der Waals surface area contributed by atoms with Crippen molar-refractivity contribution >= 4 is 11.5 Å². The SMILES string of the molecule is C/C(=N\O)C(=O)c1ccccc1.CC. The average molecular weight is 193 g/mol. The molecule has 0 bridgehead atoms. The molecule has 0 aliphatic carbocycles. The van der Waals surface area contributed by atoms with Gasteiger partial charge < -0.3 is 5.21 Å². The molecule has 0 radical (unpaired) electrons. The molecule has 0 aliphatic heterocycles. The number of oxime groups is 1.